The standard InChI is InChI=1S/C19H23BO2/c1-14-9-11-15(12-10-14)16-7-6-8-17(13-16)20-21-18(2,3)19(4,5)22-20/h6-13H,1-5H3. The molecule has 0 unspecified atom stereocenters. The molecule has 1 saturated heterocycles. The topological polar surface area (TPSA) is 18.5 Å². The van der Waals surface area contributed by atoms with E-state index in [-0.39, 0.29) is 18.3 Å². The zero-order chi connectivity index (χ0) is 16.0. The fraction of sp³-hybridized carbons (Fsp3) is 0.368. The molecule has 2 aromatic rings. The Morgan fingerprint density at radius 3 is 1.95 bits per heavy atom. The van der Waals surface area contributed by atoms with Crippen LogP contribution in [0.1, 0.15) is 33.3 Å². The average molecular weight is 294 g/mol. The molecule has 3 rings (SSSR count). The highest BCUT2D eigenvalue weighted by molar-refractivity contribution is 6.62. The van der Waals surface area contributed by atoms with E-state index >= 15 is 0 Å². The van der Waals surface area contributed by atoms with Crippen LogP contribution in [0, 0.1) is 6.92 Å². The summed E-state index contributed by atoms with van der Waals surface area (Å²) >= 11 is 0. The van der Waals surface area contributed by atoms with Crippen molar-refractivity contribution in [2.45, 2.75) is 45.8 Å². The van der Waals surface area contributed by atoms with Crippen molar-refractivity contribution in [3.8, 4) is 11.1 Å². The predicted molar refractivity (Wildman–Crippen MR) is 92.3 cm³/mol. The van der Waals surface area contributed by atoms with Crippen LogP contribution in [0.3, 0.4) is 0 Å². The molecule has 22 heavy (non-hydrogen) atoms. The Morgan fingerprint density at radius 1 is 0.773 bits per heavy atom. The van der Waals surface area contributed by atoms with Crippen LogP contribution < -0.4 is 5.46 Å². The van der Waals surface area contributed by atoms with Gasteiger partial charge in [0.2, 0.25) is 0 Å². The Kier molecular flexibility index (Phi) is 3.66. The van der Waals surface area contributed by atoms with Crippen molar-refractivity contribution in [3.05, 3.63) is 54.1 Å². The fourth-order valence-electron chi connectivity index (χ4n) is 2.59. The van der Waals surface area contributed by atoms with E-state index in [0.717, 1.165) is 5.46 Å². The number of hydrogen-bond acceptors (Lipinski definition) is 2. The molecule has 1 aliphatic rings. The number of rotatable bonds is 2. The monoisotopic (exact) mass is 294 g/mol. The zero-order valence-corrected chi connectivity index (χ0v) is 14.0. The predicted octanol–water partition coefficient (Wildman–Crippen LogP) is 3.96. The Bertz CT molecular complexity index is 658. The van der Waals surface area contributed by atoms with Gasteiger partial charge >= 0.3 is 7.12 Å². The molecule has 114 valence electrons. The summed E-state index contributed by atoms with van der Waals surface area (Å²) < 4.78 is 12.3. The second-order valence-corrected chi connectivity index (χ2v) is 7.08. The van der Waals surface area contributed by atoms with Crippen molar-refractivity contribution in [2.75, 3.05) is 0 Å². The maximum atomic E-state index is 6.14. The van der Waals surface area contributed by atoms with Crippen molar-refractivity contribution < 1.29 is 9.31 Å². The minimum Gasteiger partial charge on any atom is -0.399 e. The first-order valence-electron chi connectivity index (χ1n) is 7.81. The van der Waals surface area contributed by atoms with Crippen LogP contribution in [0.25, 0.3) is 11.1 Å². The smallest absolute Gasteiger partial charge is 0.399 e. The van der Waals surface area contributed by atoms with Crippen LogP contribution in [0.4, 0.5) is 0 Å². The molecular weight excluding hydrogens is 271 g/mol. The lowest BCUT2D eigenvalue weighted by Crippen LogP contribution is -2.41. The maximum absolute atomic E-state index is 6.14. The van der Waals surface area contributed by atoms with Gasteiger partial charge in [-0.05, 0) is 51.2 Å². The quantitative estimate of drug-likeness (QED) is 0.780. The Hall–Kier alpha value is -1.58. The minimum atomic E-state index is -0.310. The van der Waals surface area contributed by atoms with E-state index in [4.69, 9.17) is 9.31 Å². The van der Waals surface area contributed by atoms with Gasteiger partial charge in [0.1, 0.15) is 0 Å². The fourth-order valence-corrected chi connectivity index (χ4v) is 2.59. The van der Waals surface area contributed by atoms with Gasteiger partial charge in [0.25, 0.3) is 0 Å². The van der Waals surface area contributed by atoms with E-state index in [0.29, 0.717) is 0 Å². The van der Waals surface area contributed by atoms with Crippen molar-refractivity contribution in [1.82, 2.24) is 0 Å². The summed E-state index contributed by atoms with van der Waals surface area (Å²) in [5, 5.41) is 0. The lowest BCUT2D eigenvalue weighted by atomic mass is 9.78. The van der Waals surface area contributed by atoms with Crippen molar-refractivity contribution in [1.29, 1.82) is 0 Å². The highest BCUT2D eigenvalue weighted by atomic mass is 16.7. The van der Waals surface area contributed by atoms with Crippen molar-refractivity contribution >= 4 is 12.6 Å². The molecule has 0 bridgehead atoms. The molecule has 0 aliphatic carbocycles. The summed E-state index contributed by atoms with van der Waals surface area (Å²) in [5.41, 5.74) is 4.12. The molecule has 0 amide bonds. The van der Waals surface area contributed by atoms with E-state index in [1.165, 1.54) is 16.7 Å². The summed E-state index contributed by atoms with van der Waals surface area (Å²) in [7, 11) is -0.310. The Morgan fingerprint density at radius 2 is 1.36 bits per heavy atom. The minimum absolute atomic E-state index is 0.308. The van der Waals surface area contributed by atoms with Crippen LogP contribution in [-0.2, 0) is 9.31 Å². The van der Waals surface area contributed by atoms with Crippen LogP contribution >= 0.6 is 0 Å². The zero-order valence-electron chi connectivity index (χ0n) is 14.0. The first-order chi connectivity index (χ1) is 10.3. The SMILES string of the molecule is Cc1ccc(-c2cccc(B3OC(C)(C)C(C)(C)O3)c2)cc1. The summed E-state index contributed by atoms with van der Waals surface area (Å²) in [6.07, 6.45) is 0. The molecule has 0 saturated carbocycles. The number of aryl methyl sites for hydroxylation is 1. The molecule has 3 heteroatoms. The molecule has 2 aromatic carbocycles. The van der Waals surface area contributed by atoms with Gasteiger partial charge in [-0.15, -0.1) is 0 Å². The molecule has 1 fully saturated rings. The first kappa shape index (κ1) is 15.3. The van der Waals surface area contributed by atoms with E-state index in [2.05, 4.69) is 83.1 Å². The molecule has 0 N–H and O–H groups in total. The molecule has 1 aliphatic heterocycles. The normalized spacial score (nSPS) is 19.4. The largest absolute Gasteiger partial charge is 0.494 e. The van der Waals surface area contributed by atoms with Gasteiger partial charge < -0.3 is 9.31 Å². The molecule has 1 heterocycles. The van der Waals surface area contributed by atoms with Gasteiger partial charge in [-0.1, -0.05) is 54.1 Å². The lowest BCUT2D eigenvalue weighted by molar-refractivity contribution is 0.00578. The third-order valence-electron chi connectivity index (χ3n) is 4.80. The Balaban J connectivity index is 1.91. The molecule has 0 aromatic heterocycles. The van der Waals surface area contributed by atoms with E-state index in [1.807, 2.05) is 0 Å². The van der Waals surface area contributed by atoms with Crippen LogP contribution in [0.5, 0.6) is 0 Å². The van der Waals surface area contributed by atoms with Gasteiger partial charge in [0.05, 0.1) is 11.2 Å². The van der Waals surface area contributed by atoms with Crippen LogP contribution in [0.15, 0.2) is 48.5 Å². The van der Waals surface area contributed by atoms with E-state index in [9.17, 15) is 0 Å². The summed E-state index contributed by atoms with van der Waals surface area (Å²) in [5.74, 6) is 0. The summed E-state index contributed by atoms with van der Waals surface area (Å²) in [6, 6.07) is 17.0. The summed E-state index contributed by atoms with van der Waals surface area (Å²) in [4.78, 5) is 0. The number of benzene rings is 2. The second kappa shape index (κ2) is 5.25. The highest BCUT2D eigenvalue weighted by Gasteiger charge is 2.51. The van der Waals surface area contributed by atoms with Crippen LogP contribution in [-0.4, -0.2) is 18.3 Å². The van der Waals surface area contributed by atoms with Gasteiger partial charge in [-0.25, -0.2) is 0 Å². The van der Waals surface area contributed by atoms with E-state index < -0.39 is 0 Å². The third kappa shape index (κ3) is 2.71. The molecule has 0 radical (unpaired) electrons. The highest BCUT2D eigenvalue weighted by Crippen LogP contribution is 2.36. The van der Waals surface area contributed by atoms with Crippen molar-refractivity contribution in [2.24, 2.45) is 0 Å². The summed E-state index contributed by atoms with van der Waals surface area (Å²) in [6.45, 7) is 10.4. The van der Waals surface area contributed by atoms with Gasteiger partial charge in [-0.3, -0.25) is 0 Å². The average Bonchev–Trinajstić information content (AvgIpc) is 2.68. The first-order valence-corrected chi connectivity index (χ1v) is 7.81. The van der Waals surface area contributed by atoms with E-state index in [1.54, 1.807) is 0 Å². The molecule has 0 spiro atoms. The Labute approximate surface area is 133 Å². The van der Waals surface area contributed by atoms with Gasteiger partial charge in [0.15, 0.2) is 0 Å². The second-order valence-electron chi connectivity index (χ2n) is 7.08. The van der Waals surface area contributed by atoms with Crippen molar-refractivity contribution in [3.63, 3.8) is 0 Å². The molecule has 2 nitrogen and oxygen atoms in total. The number of hydrogen-bond donors (Lipinski definition) is 0. The molecule has 0 atom stereocenters. The third-order valence-corrected chi connectivity index (χ3v) is 4.80. The van der Waals surface area contributed by atoms with Gasteiger partial charge in [0, 0.05) is 0 Å². The molecular formula is C19H23BO2. The lowest BCUT2D eigenvalue weighted by Gasteiger charge is -2.32. The van der Waals surface area contributed by atoms with Crippen LogP contribution in [0.2, 0.25) is 0 Å². The maximum Gasteiger partial charge on any atom is 0.494 e. The van der Waals surface area contributed by atoms with Gasteiger partial charge in [-0.2, -0.15) is 0 Å².